The maximum absolute atomic E-state index is 12.6. The summed E-state index contributed by atoms with van der Waals surface area (Å²) >= 11 is 6.79. The first kappa shape index (κ1) is 45.1. The first-order chi connectivity index (χ1) is 30.4. The van der Waals surface area contributed by atoms with Crippen molar-refractivity contribution in [2.45, 2.75) is 71.8 Å². The van der Waals surface area contributed by atoms with Crippen LogP contribution in [-0.4, -0.2) is 76.9 Å². The molecule has 5 aromatic rings. The van der Waals surface area contributed by atoms with E-state index in [1.807, 2.05) is 24.3 Å². The van der Waals surface area contributed by atoms with Gasteiger partial charge in [-0.05, 0) is 123 Å². The zero-order valence-electron chi connectivity index (χ0n) is 36.0. The molecular formula is C50H54ClN5O7. The van der Waals surface area contributed by atoms with Gasteiger partial charge in [0.15, 0.2) is 0 Å². The lowest BCUT2D eigenvalue weighted by Gasteiger charge is -2.42. The Morgan fingerprint density at radius 1 is 0.921 bits per heavy atom. The standard InChI is InChI=1S/C50H54ClN5O7/c1-33-38(31-63-46-25-45(62-30-36-23-35(26-52)27-53-28-36)39(24-44(46)51)29-55-49(3,32-57)48(59)60)7-4-9-42(33)43-10-5-8-41(34(43)2)37-11-13-40(14-12-37)61-22-21-56-19-16-50(17-20-56)15-6-18-54-47(50)58/h4-5,7-14,23-25,27-28,55,57H,6,15-22,29-32H2,1-3H3,(H,54,58)(H,59,60). The van der Waals surface area contributed by atoms with E-state index in [0.717, 1.165) is 96.6 Å². The fourth-order valence-electron chi connectivity index (χ4n) is 8.40. The average Bonchev–Trinajstić information content (AvgIpc) is 3.30. The second-order valence-corrected chi connectivity index (χ2v) is 17.1. The Balaban J connectivity index is 1.02. The van der Waals surface area contributed by atoms with Crippen LogP contribution in [0.5, 0.6) is 17.2 Å². The lowest BCUT2D eigenvalue weighted by Crippen LogP contribution is -2.52. The highest BCUT2D eigenvalue weighted by atomic mass is 35.5. The molecule has 3 heterocycles. The third-order valence-corrected chi connectivity index (χ3v) is 12.9. The van der Waals surface area contributed by atoms with E-state index >= 15 is 0 Å². The third kappa shape index (κ3) is 10.5. The number of pyridine rings is 1. The van der Waals surface area contributed by atoms with E-state index in [4.69, 9.17) is 25.8 Å². The number of hydrogen-bond donors (Lipinski definition) is 4. The molecule has 12 nitrogen and oxygen atoms in total. The molecule has 1 atom stereocenters. The molecule has 2 aliphatic heterocycles. The summed E-state index contributed by atoms with van der Waals surface area (Å²) in [6.07, 6.45) is 6.96. The average molecular weight is 872 g/mol. The van der Waals surface area contributed by atoms with Crippen LogP contribution in [0.15, 0.2) is 91.3 Å². The summed E-state index contributed by atoms with van der Waals surface area (Å²) in [6.45, 7) is 9.36. The highest BCUT2D eigenvalue weighted by Gasteiger charge is 2.42. The monoisotopic (exact) mass is 871 g/mol. The number of aromatic nitrogens is 1. The number of carboxylic acids is 1. The van der Waals surface area contributed by atoms with Crippen LogP contribution in [0.2, 0.25) is 5.02 Å². The highest BCUT2D eigenvalue weighted by Crippen LogP contribution is 2.39. The zero-order valence-corrected chi connectivity index (χ0v) is 36.8. The summed E-state index contributed by atoms with van der Waals surface area (Å²) in [5.74, 6) is 0.612. The molecule has 0 bridgehead atoms. The minimum Gasteiger partial charge on any atom is -0.492 e. The Labute approximate surface area is 373 Å². The SMILES string of the molecule is Cc1c(COc2cc(OCc3cncc(C#N)c3)c(CNC(C)(CO)C(=O)O)cc2Cl)cccc1-c1cccc(-c2ccc(OCCN3CCC4(CCCNC4=O)CC3)cc2)c1C. The van der Waals surface area contributed by atoms with Gasteiger partial charge in [-0.1, -0.05) is 60.1 Å². The number of halogens is 1. The number of carbonyl (C=O) groups excluding carboxylic acids is 1. The molecule has 328 valence electrons. The summed E-state index contributed by atoms with van der Waals surface area (Å²) in [7, 11) is 0. The van der Waals surface area contributed by atoms with E-state index in [1.54, 1.807) is 24.4 Å². The Bertz CT molecular complexity index is 2480. The van der Waals surface area contributed by atoms with Crippen molar-refractivity contribution >= 4 is 23.5 Å². The molecule has 2 aliphatic rings. The number of aliphatic hydroxyl groups excluding tert-OH is 1. The van der Waals surface area contributed by atoms with Crippen molar-refractivity contribution in [1.82, 2.24) is 20.5 Å². The molecule has 63 heavy (non-hydrogen) atoms. The Morgan fingerprint density at radius 3 is 2.35 bits per heavy atom. The summed E-state index contributed by atoms with van der Waals surface area (Å²) < 4.78 is 18.7. The van der Waals surface area contributed by atoms with Gasteiger partial charge in [0.05, 0.1) is 22.6 Å². The number of rotatable bonds is 17. The second kappa shape index (κ2) is 20.0. The first-order valence-corrected chi connectivity index (χ1v) is 21.7. The molecule has 1 aromatic heterocycles. The smallest absolute Gasteiger partial charge is 0.326 e. The molecule has 0 saturated carbocycles. The molecule has 0 aliphatic carbocycles. The molecule has 1 spiro atoms. The fraction of sp³-hybridized carbons (Fsp3) is 0.360. The number of carboxylic acid groups (broad SMARTS) is 1. The van der Waals surface area contributed by atoms with Gasteiger partial charge in [0, 0.05) is 49.2 Å². The number of ether oxygens (including phenoxy) is 3. The quantitative estimate of drug-likeness (QED) is 0.0715. The number of nitrogens with zero attached hydrogens (tertiary/aromatic N) is 3. The molecule has 0 radical (unpaired) electrons. The maximum atomic E-state index is 12.6. The predicted molar refractivity (Wildman–Crippen MR) is 242 cm³/mol. The van der Waals surface area contributed by atoms with Crippen molar-refractivity contribution in [2.75, 3.05) is 39.4 Å². The van der Waals surface area contributed by atoms with Gasteiger partial charge in [-0.2, -0.15) is 5.26 Å². The summed E-state index contributed by atoms with van der Waals surface area (Å²) in [5.41, 5.74) is 7.41. The maximum Gasteiger partial charge on any atom is 0.326 e. The molecule has 7 rings (SSSR count). The summed E-state index contributed by atoms with van der Waals surface area (Å²) in [6, 6.07) is 27.8. The van der Waals surface area contributed by atoms with Crippen LogP contribution in [0.1, 0.15) is 66.0 Å². The number of likely N-dealkylation sites (tertiary alicyclic amines) is 1. The van der Waals surface area contributed by atoms with Gasteiger partial charge < -0.3 is 29.7 Å². The van der Waals surface area contributed by atoms with Crippen molar-refractivity contribution in [3.8, 4) is 45.6 Å². The highest BCUT2D eigenvalue weighted by molar-refractivity contribution is 6.32. The van der Waals surface area contributed by atoms with E-state index in [9.17, 15) is 25.1 Å². The van der Waals surface area contributed by atoms with Crippen molar-refractivity contribution in [3.05, 3.63) is 130 Å². The van der Waals surface area contributed by atoms with Gasteiger partial charge >= 0.3 is 5.97 Å². The van der Waals surface area contributed by atoms with Crippen LogP contribution >= 0.6 is 11.6 Å². The van der Waals surface area contributed by atoms with Gasteiger partial charge in [0.2, 0.25) is 5.91 Å². The second-order valence-electron chi connectivity index (χ2n) is 16.7. The van der Waals surface area contributed by atoms with Crippen molar-refractivity contribution in [2.24, 2.45) is 5.41 Å². The normalized spacial score (nSPS) is 15.8. The van der Waals surface area contributed by atoms with Crippen molar-refractivity contribution in [3.63, 3.8) is 0 Å². The van der Waals surface area contributed by atoms with Gasteiger partial charge in [0.1, 0.15) is 48.7 Å². The topological polar surface area (TPSA) is 166 Å². The van der Waals surface area contributed by atoms with E-state index in [-0.39, 0.29) is 31.1 Å². The number of nitrogens with one attached hydrogen (secondary N) is 2. The molecule has 4 aromatic carbocycles. The van der Waals surface area contributed by atoms with E-state index in [1.165, 1.54) is 13.1 Å². The van der Waals surface area contributed by atoms with Gasteiger partial charge in [-0.3, -0.25) is 24.8 Å². The number of nitriles is 1. The minimum atomic E-state index is -1.60. The van der Waals surface area contributed by atoms with E-state index in [2.05, 4.69) is 76.8 Å². The number of hydrogen-bond acceptors (Lipinski definition) is 10. The molecule has 4 N–H and O–H groups in total. The van der Waals surface area contributed by atoms with E-state index < -0.39 is 18.1 Å². The molecule has 1 amide bonds. The number of aliphatic hydroxyl groups is 1. The molecule has 13 heteroatoms. The molecule has 2 fully saturated rings. The van der Waals surface area contributed by atoms with Crippen molar-refractivity contribution < 1.29 is 34.0 Å². The minimum absolute atomic E-state index is 0.0238. The van der Waals surface area contributed by atoms with Crippen LogP contribution in [0.3, 0.4) is 0 Å². The Morgan fingerprint density at radius 2 is 1.63 bits per heavy atom. The lowest BCUT2D eigenvalue weighted by molar-refractivity contribution is -0.146. The van der Waals surface area contributed by atoms with Crippen LogP contribution in [0.25, 0.3) is 22.3 Å². The number of benzene rings is 4. The Hall–Kier alpha value is -5.97. The largest absolute Gasteiger partial charge is 0.492 e. The number of carbonyl (C=O) groups is 2. The Kier molecular flexibility index (Phi) is 14.3. The lowest BCUT2D eigenvalue weighted by atomic mass is 9.72. The molecular weight excluding hydrogens is 818 g/mol. The molecule has 2 saturated heterocycles. The van der Waals surface area contributed by atoms with Crippen LogP contribution < -0.4 is 24.8 Å². The first-order valence-electron chi connectivity index (χ1n) is 21.4. The van der Waals surface area contributed by atoms with Gasteiger partial charge in [0.25, 0.3) is 0 Å². The van der Waals surface area contributed by atoms with Crippen LogP contribution in [-0.2, 0) is 29.3 Å². The van der Waals surface area contributed by atoms with Crippen LogP contribution in [0.4, 0.5) is 0 Å². The number of piperidine rings is 2. The van der Waals surface area contributed by atoms with E-state index in [0.29, 0.717) is 39.8 Å². The third-order valence-electron chi connectivity index (χ3n) is 12.6. The predicted octanol–water partition coefficient (Wildman–Crippen LogP) is 8.01. The number of amides is 1. The molecule has 1 unspecified atom stereocenters. The zero-order chi connectivity index (χ0) is 44.6. The van der Waals surface area contributed by atoms with Crippen LogP contribution in [0, 0.1) is 30.6 Å². The summed E-state index contributed by atoms with van der Waals surface area (Å²) in [4.78, 5) is 31.0. The van der Waals surface area contributed by atoms with Crippen molar-refractivity contribution in [1.29, 1.82) is 5.26 Å². The fourth-order valence-corrected chi connectivity index (χ4v) is 8.64. The van der Waals surface area contributed by atoms with Gasteiger partial charge in [-0.15, -0.1) is 0 Å². The van der Waals surface area contributed by atoms with Gasteiger partial charge in [-0.25, -0.2) is 0 Å². The summed E-state index contributed by atoms with van der Waals surface area (Å²) in [5, 5.41) is 35.1. The number of aliphatic carboxylic acids is 1.